The molecule has 1 unspecified atom stereocenters. The monoisotopic (exact) mass is 281 g/mol. The molecule has 0 aliphatic carbocycles. The minimum absolute atomic E-state index is 0.0932. The summed E-state index contributed by atoms with van der Waals surface area (Å²) in [5, 5.41) is 5.59. The molecule has 0 aliphatic rings. The average Bonchev–Trinajstić information content (AvgIpc) is 2.52. The van der Waals surface area contributed by atoms with Crippen molar-refractivity contribution in [2.75, 3.05) is 6.54 Å². The molecule has 4 heteroatoms. The molecule has 1 N–H and O–H groups in total. The molecule has 0 radical (unpaired) electrons. The van der Waals surface area contributed by atoms with Crippen LogP contribution in [-0.4, -0.2) is 16.5 Å². The van der Waals surface area contributed by atoms with Crippen LogP contribution in [0.25, 0.3) is 10.8 Å². The van der Waals surface area contributed by atoms with Crippen molar-refractivity contribution < 1.29 is 4.39 Å². The van der Waals surface area contributed by atoms with Crippen LogP contribution in [0.3, 0.4) is 0 Å². The van der Waals surface area contributed by atoms with E-state index in [1.807, 2.05) is 31.3 Å². The first-order chi connectivity index (χ1) is 10.3. The normalized spacial score (nSPS) is 12.5. The zero-order chi connectivity index (χ0) is 14.7. The molecule has 21 heavy (non-hydrogen) atoms. The highest BCUT2D eigenvalue weighted by Gasteiger charge is 2.16. The van der Waals surface area contributed by atoms with Crippen LogP contribution >= 0.6 is 0 Å². The molecule has 0 aliphatic heterocycles. The van der Waals surface area contributed by atoms with E-state index in [1.165, 1.54) is 12.3 Å². The van der Waals surface area contributed by atoms with E-state index in [0.717, 1.165) is 28.4 Å². The van der Waals surface area contributed by atoms with Crippen molar-refractivity contribution in [1.82, 2.24) is 15.3 Å². The number of hydrogen-bond donors (Lipinski definition) is 1. The van der Waals surface area contributed by atoms with Gasteiger partial charge < -0.3 is 5.32 Å². The van der Waals surface area contributed by atoms with E-state index in [0.29, 0.717) is 0 Å². The van der Waals surface area contributed by atoms with Crippen LogP contribution in [0.4, 0.5) is 4.39 Å². The van der Waals surface area contributed by atoms with Crippen LogP contribution in [0.5, 0.6) is 0 Å². The lowest BCUT2D eigenvalue weighted by atomic mass is 9.95. The van der Waals surface area contributed by atoms with Crippen molar-refractivity contribution in [2.45, 2.75) is 13.0 Å². The van der Waals surface area contributed by atoms with Gasteiger partial charge in [-0.15, -0.1) is 0 Å². The van der Waals surface area contributed by atoms with E-state index in [4.69, 9.17) is 0 Å². The number of aromatic nitrogens is 2. The van der Waals surface area contributed by atoms with Gasteiger partial charge >= 0.3 is 0 Å². The fourth-order valence-corrected chi connectivity index (χ4v) is 2.60. The minimum Gasteiger partial charge on any atom is -0.306 e. The Balaban J connectivity index is 2.16. The van der Waals surface area contributed by atoms with Gasteiger partial charge in [0.25, 0.3) is 0 Å². The van der Waals surface area contributed by atoms with Crippen molar-refractivity contribution in [2.24, 2.45) is 0 Å². The summed E-state index contributed by atoms with van der Waals surface area (Å²) in [6.45, 7) is 2.81. The molecule has 0 fully saturated rings. The molecule has 0 saturated heterocycles. The SMILES string of the molecule is CCNC(c1cncc(F)c1)c1cccc2cnccc12. The van der Waals surface area contributed by atoms with Crippen molar-refractivity contribution >= 4 is 10.8 Å². The molecular formula is C17H16FN3. The van der Waals surface area contributed by atoms with E-state index in [1.54, 1.807) is 12.4 Å². The summed E-state index contributed by atoms with van der Waals surface area (Å²) in [7, 11) is 0. The maximum atomic E-state index is 13.5. The van der Waals surface area contributed by atoms with Gasteiger partial charge in [0.2, 0.25) is 0 Å². The Morgan fingerprint density at radius 3 is 2.86 bits per heavy atom. The van der Waals surface area contributed by atoms with Gasteiger partial charge in [0.05, 0.1) is 12.2 Å². The first-order valence-corrected chi connectivity index (χ1v) is 6.96. The number of hydrogen-bond acceptors (Lipinski definition) is 3. The predicted octanol–water partition coefficient (Wildman–Crippen LogP) is 3.47. The van der Waals surface area contributed by atoms with Crippen LogP contribution in [0, 0.1) is 5.82 Å². The Kier molecular flexibility index (Phi) is 3.88. The highest BCUT2D eigenvalue weighted by molar-refractivity contribution is 5.85. The van der Waals surface area contributed by atoms with Gasteiger partial charge in [0.1, 0.15) is 5.82 Å². The maximum Gasteiger partial charge on any atom is 0.141 e. The van der Waals surface area contributed by atoms with E-state index >= 15 is 0 Å². The second-order valence-corrected chi connectivity index (χ2v) is 4.87. The number of benzene rings is 1. The van der Waals surface area contributed by atoms with Crippen molar-refractivity contribution in [1.29, 1.82) is 0 Å². The Labute approximate surface area is 122 Å². The van der Waals surface area contributed by atoms with Crippen LogP contribution < -0.4 is 5.32 Å². The first-order valence-electron chi connectivity index (χ1n) is 6.96. The average molecular weight is 281 g/mol. The third-order valence-corrected chi connectivity index (χ3v) is 3.49. The van der Waals surface area contributed by atoms with Gasteiger partial charge in [0, 0.05) is 24.0 Å². The van der Waals surface area contributed by atoms with Gasteiger partial charge in [0.15, 0.2) is 0 Å². The molecule has 3 aromatic rings. The first kappa shape index (κ1) is 13.6. The summed E-state index contributed by atoms with van der Waals surface area (Å²) < 4.78 is 13.5. The molecule has 1 aromatic carbocycles. The lowest BCUT2D eigenvalue weighted by Gasteiger charge is -2.20. The Bertz CT molecular complexity index is 752. The fraction of sp³-hybridized carbons (Fsp3) is 0.176. The van der Waals surface area contributed by atoms with Crippen molar-refractivity contribution in [3.8, 4) is 0 Å². The second kappa shape index (κ2) is 5.97. The highest BCUT2D eigenvalue weighted by Crippen LogP contribution is 2.28. The van der Waals surface area contributed by atoms with Crippen LogP contribution in [0.1, 0.15) is 24.1 Å². The van der Waals surface area contributed by atoms with Crippen molar-refractivity contribution in [3.63, 3.8) is 0 Å². The molecule has 3 nitrogen and oxygen atoms in total. The molecule has 0 saturated carbocycles. The number of rotatable bonds is 4. The smallest absolute Gasteiger partial charge is 0.141 e. The summed E-state index contributed by atoms with van der Waals surface area (Å²) in [6.07, 6.45) is 6.54. The highest BCUT2D eigenvalue weighted by atomic mass is 19.1. The quantitative estimate of drug-likeness (QED) is 0.795. The number of nitrogens with one attached hydrogen (secondary N) is 1. The van der Waals surface area contributed by atoms with E-state index in [9.17, 15) is 4.39 Å². The summed E-state index contributed by atoms with van der Waals surface area (Å²) in [5.41, 5.74) is 1.92. The third kappa shape index (κ3) is 2.76. The lowest BCUT2D eigenvalue weighted by molar-refractivity contribution is 0.597. The Hall–Kier alpha value is -2.33. The third-order valence-electron chi connectivity index (χ3n) is 3.49. The summed E-state index contributed by atoms with van der Waals surface area (Å²) >= 11 is 0. The Morgan fingerprint density at radius 1 is 1.14 bits per heavy atom. The topological polar surface area (TPSA) is 37.8 Å². The largest absolute Gasteiger partial charge is 0.306 e. The molecule has 106 valence electrons. The fourth-order valence-electron chi connectivity index (χ4n) is 2.60. The van der Waals surface area contributed by atoms with Crippen LogP contribution in [0.15, 0.2) is 55.1 Å². The van der Waals surface area contributed by atoms with Gasteiger partial charge in [-0.3, -0.25) is 9.97 Å². The number of nitrogens with zero attached hydrogens (tertiary/aromatic N) is 2. The Morgan fingerprint density at radius 2 is 2.05 bits per heavy atom. The zero-order valence-corrected chi connectivity index (χ0v) is 11.8. The van der Waals surface area contributed by atoms with Gasteiger partial charge in [-0.1, -0.05) is 25.1 Å². The molecule has 3 rings (SSSR count). The predicted molar refractivity (Wildman–Crippen MR) is 81.5 cm³/mol. The van der Waals surface area contributed by atoms with Crippen LogP contribution in [0.2, 0.25) is 0 Å². The molecule has 1 atom stereocenters. The molecule has 2 heterocycles. The molecule has 0 spiro atoms. The van der Waals surface area contributed by atoms with Gasteiger partial charge in [-0.25, -0.2) is 4.39 Å². The standard InChI is InChI=1S/C17H16FN3/c1-2-21-17(13-8-14(18)11-20-10-13)16-5-3-4-12-9-19-7-6-15(12)16/h3-11,17,21H,2H2,1H3. The minimum atomic E-state index is -0.322. The molecule has 0 bridgehead atoms. The summed E-state index contributed by atoms with van der Waals surface area (Å²) in [6, 6.07) is 9.50. The number of fused-ring (bicyclic) bond motifs is 1. The molecule has 0 amide bonds. The van der Waals surface area contributed by atoms with E-state index < -0.39 is 0 Å². The summed E-state index contributed by atoms with van der Waals surface area (Å²) in [4.78, 5) is 8.12. The lowest BCUT2D eigenvalue weighted by Crippen LogP contribution is -2.22. The van der Waals surface area contributed by atoms with Crippen molar-refractivity contribution in [3.05, 3.63) is 72.1 Å². The van der Waals surface area contributed by atoms with Gasteiger partial charge in [-0.05, 0) is 35.2 Å². The summed E-state index contributed by atoms with van der Waals surface area (Å²) in [5.74, 6) is -0.322. The second-order valence-electron chi connectivity index (χ2n) is 4.87. The van der Waals surface area contributed by atoms with Gasteiger partial charge in [-0.2, -0.15) is 0 Å². The number of pyridine rings is 2. The zero-order valence-electron chi connectivity index (χ0n) is 11.8. The molecule has 2 aromatic heterocycles. The van der Waals surface area contributed by atoms with Crippen LogP contribution in [-0.2, 0) is 0 Å². The number of halogens is 1. The van der Waals surface area contributed by atoms with E-state index in [2.05, 4.69) is 21.4 Å². The maximum absolute atomic E-state index is 13.5. The molecular weight excluding hydrogens is 265 g/mol. The van der Waals surface area contributed by atoms with E-state index in [-0.39, 0.29) is 11.9 Å².